The molecular weight excluding hydrogens is 284 g/mol. The van der Waals surface area contributed by atoms with Crippen molar-refractivity contribution in [1.29, 1.82) is 0 Å². The van der Waals surface area contributed by atoms with Gasteiger partial charge in [-0.1, -0.05) is 17.8 Å². The maximum absolute atomic E-state index is 5.42. The predicted octanol–water partition coefficient (Wildman–Crippen LogP) is 2.78. The number of anilines is 3. The summed E-state index contributed by atoms with van der Waals surface area (Å²) in [5.41, 5.74) is 4.44. The fourth-order valence-electron chi connectivity index (χ4n) is 1.96. The number of nitrogens with one attached hydrogen (secondary N) is 2. The lowest BCUT2D eigenvalue weighted by Crippen LogP contribution is -2.10. The van der Waals surface area contributed by atoms with E-state index in [1.54, 1.807) is 12.3 Å². The Morgan fingerprint density at radius 2 is 1.95 bits per heavy atom. The van der Waals surface area contributed by atoms with E-state index in [1.165, 1.54) is 11.8 Å². The van der Waals surface area contributed by atoms with Crippen molar-refractivity contribution in [3.05, 3.63) is 42.6 Å². The summed E-state index contributed by atoms with van der Waals surface area (Å²) in [5, 5.41) is 4.97. The zero-order valence-corrected chi connectivity index (χ0v) is 12.2. The Kier molecular flexibility index (Phi) is 3.85. The summed E-state index contributed by atoms with van der Waals surface area (Å²) in [6.07, 6.45) is 3.70. The minimum Gasteiger partial charge on any atom is -0.340 e. The molecule has 0 bridgehead atoms. The van der Waals surface area contributed by atoms with Gasteiger partial charge >= 0.3 is 0 Å². The number of pyridine rings is 1. The summed E-state index contributed by atoms with van der Waals surface area (Å²) < 4.78 is 0. The van der Waals surface area contributed by atoms with Gasteiger partial charge in [0, 0.05) is 23.3 Å². The normalized spacial score (nSPS) is 10.6. The maximum atomic E-state index is 5.42. The molecule has 106 valence electrons. The second-order valence-electron chi connectivity index (χ2n) is 4.31. The molecule has 3 aromatic rings. The van der Waals surface area contributed by atoms with E-state index in [0.717, 1.165) is 16.6 Å². The molecule has 0 unspecified atom stereocenters. The molecule has 0 spiro atoms. The van der Waals surface area contributed by atoms with Crippen LogP contribution in [0.25, 0.3) is 10.9 Å². The first kappa shape index (κ1) is 13.6. The maximum Gasteiger partial charge on any atom is 0.191 e. The van der Waals surface area contributed by atoms with Crippen molar-refractivity contribution in [1.82, 2.24) is 15.0 Å². The van der Waals surface area contributed by atoms with Crippen LogP contribution in [0.4, 0.5) is 17.3 Å². The Balaban J connectivity index is 1.94. The van der Waals surface area contributed by atoms with Crippen molar-refractivity contribution < 1.29 is 0 Å². The lowest BCUT2D eigenvalue weighted by atomic mass is 10.2. The lowest BCUT2D eigenvalue weighted by molar-refractivity contribution is 0.971. The van der Waals surface area contributed by atoms with Gasteiger partial charge in [-0.3, -0.25) is 4.98 Å². The highest BCUT2D eigenvalue weighted by molar-refractivity contribution is 7.98. The molecule has 1 aromatic carbocycles. The molecule has 2 heterocycles. The van der Waals surface area contributed by atoms with Gasteiger partial charge in [0.2, 0.25) is 0 Å². The van der Waals surface area contributed by atoms with E-state index in [4.69, 9.17) is 5.84 Å². The van der Waals surface area contributed by atoms with Crippen LogP contribution in [0.2, 0.25) is 0 Å². The Bertz CT molecular complexity index is 754. The number of nitrogens with two attached hydrogens (primary N) is 1. The number of fused-ring (bicyclic) bond motifs is 1. The van der Waals surface area contributed by atoms with Gasteiger partial charge in [-0.2, -0.15) is 0 Å². The molecule has 0 saturated carbocycles. The highest BCUT2D eigenvalue weighted by Crippen LogP contribution is 2.23. The Hall–Kier alpha value is -2.38. The first-order valence-corrected chi connectivity index (χ1v) is 7.52. The largest absolute Gasteiger partial charge is 0.340 e. The van der Waals surface area contributed by atoms with Gasteiger partial charge in [0.25, 0.3) is 0 Å². The molecule has 3 rings (SSSR count). The average Bonchev–Trinajstić information content (AvgIpc) is 2.54. The minimum atomic E-state index is 0.569. The highest BCUT2D eigenvalue weighted by atomic mass is 32.2. The van der Waals surface area contributed by atoms with Crippen LogP contribution >= 0.6 is 11.8 Å². The molecule has 0 saturated heterocycles. The van der Waals surface area contributed by atoms with Crippen molar-refractivity contribution in [2.45, 2.75) is 5.16 Å². The SMILES string of the molecule is CSc1nc(NN)cc(Nc2ccc3ncccc3c2)n1. The number of rotatable bonds is 4. The molecule has 21 heavy (non-hydrogen) atoms. The highest BCUT2D eigenvalue weighted by Gasteiger charge is 2.04. The second kappa shape index (κ2) is 5.94. The first-order valence-electron chi connectivity index (χ1n) is 6.30. The van der Waals surface area contributed by atoms with E-state index in [2.05, 4.69) is 25.7 Å². The third kappa shape index (κ3) is 3.04. The third-order valence-corrected chi connectivity index (χ3v) is 3.46. The summed E-state index contributed by atoms with van der Waals surface area (Å²) in [4.78, 5) is 12.9. The Morgan fingerprint density at radius 1 is 1.10 bits per heavy atom. The van der Waals surface area contributed by atoms with Crippen molar-refractivity contribution in [3.8, 4) is 0 Å². The van der Waals surface area contributed by atoms with E-state index in [1.807, 2.05) is 36.6 Å². The molecule has 0 aliphatic rings. The van der Waals surface area contributed by atoms with Crippen molar-refractivity contribution in [2.75, 3.05) is 17.0 Å². The van der Waals surface area contributed by atoms with Crippen LogP contribution in [0, 0.1) is 0 Å². The van der Waals surface area contributed by atoms with Crippen molar-refractivity contribution >= 4 is 40.0 Å². The van der Waals surface area contributed by atoms with Gasteiger partial charge in [0.1, 0.15) is 11.6 Å². The number of hydrazine groups is 1. The fourth-order valence-corrected chi connectivity index (χ4v) is 2.33. The quantitative estimate of drug-likeness (QED) is 0.295. The molecule has 0 radical (unpaired) electrons. The lowest BCUT2D eigenvalue weighted by Gasteiger charge is -2.09. The van der Waals surface area contributed by atoms with E-state index in [0.29, 0.717) is 16.8 Å². The van der Waals surface area contributed by atoms with Gasteiger partial charge in [-0.25, -0.2) is 15.8 Å². The van der Waals surface area contributed by atoms with Crippen LogP contribution in [0.5, 0.6) is 0 Å². The topological polar surface area (TPSA) is 88.8 Å². The van der Waals surface area contributed by atoms with Crippen LogP contribution in [0.3, 0.4) is 0 Å². The van der Waals surface area contributed by atoms with E-state index < -0.39 is 0 Å². The van der Waals surface area contributed by atoms with Gasteiger partial charge < -0.3 is 10.7 Å². The standard InChI is InChI=1S/C14H14N6S/c1-21-14-18-12(8-13(19-14)20-15)17-10-4-5-11-9(7-10)3-2-6-16-11/h2-8H,15H2,1H3,(H2,17,18,19,20). The fraction of sp³-hybridized carbons (Fsp3) is 0.0714. The predicted molar refractivity (Wildman–Crippen MR) is 86.6 cm³/mol. The zero-order valence-electron chi connectivity index (χ0n) is 11.4. The minimum absolute atomic E-state index is 0.569. The van der Waals surface area contributed by atoms with Gasteiger partial charge in [-0.15, -0.1) is 0 Å². The van der Waals surface area contributed by atoms with E-state index >= 15 is 0 Å². The Labute approximate surface area is 126 Å². The van der Waals surface area contributed by atoms with Crippen LogP contribution < -0.4 is 16.6 Å². The summed E-state index contributed by atoms with van der Waals surface area (Å²) >= 11 is 1.46. The molecule has 2 aromatic heterocycles. The third-order valence-electron chi connectivity index (χ3n) is 2.91. The molecule has 0 fully saturated rings. The van der Waals surface area contributed by atoms with Crippen LogP contribution in [0.15, 0.2) is 47.8 Å². The number of nitrogens with zero attached hydrogens (tertiary/aromatic N) is 3. The van der Waals surface area contributed by atoms with Gasteiger partial charge in [0.05, 0.1) is 5.52 Å². The van der Waals surface area contributed by atoms with Crippen LogP contribution in [0.1, 0.15) is 0 Å². The molecule has 7 heteroatoms. The molecular formula is C14H14N6S. The summed E-state index contributed by atoms with van der Waals surface area (Å²) in [7, 11) is 0. The number of benzene rings is 1. The number of hydrogen-bond donors (Lipinski definition) is 3. The number of thioether (sulfide) groups is 1. The zero-order chi connectivity index (χ0) is 14.7. The van der Waals surface area contributed by atoms with Crippen LogP contribution in [-0.4, -0.2) is 21.2 Å². The molecule has 0 aliphatic heterocycles. The van der Waals surface area contributed by atoms with E-state index in [9.17, 15) is 0 Å². The average molecular weight is 298 g/mol. The number of hydrogen-bond acceptors (Lipinski definition) is 7. The molecule has 0 atom stereocenters. The smallest absolute Gasteiger partial charge is 0.191 e. The summed E-state index contributed by atoms with van der Waals surface area (Å²) in [5.74, 6) is 6.68. The molecule has 6 nitrogen and oxygen atoms in total. The van der Waals surface area contributed by atoms with Gasteiger partial charge in [-0.05, 0) is 30.5 Å². The van der Waals surface area contributed by atoms with Crippen LogP contribution in [-0.2, 0) is 0 Å². The molecule has 0 aliphatic carbocycles. The second-order valence-corrected chi connectivity index (χ2v) is 5.08. The molecule has 4 N–H and O–H groups in total. The molecule has 0 amide bonds. The number of aromatic nitrogens is 3. The van der Waals surface area contributed by atoms with E-state index in [-0.39, 0.29) is 0 Å². The van der Waals surface area contributed by atoms with Gasteiger partial charge in [0.15, 0.2) is 5.16 Å². The van der Waals surface area contributed by atoms with Crippen molar-refractivity contribution in [2.24, 2.45) is 5.84 Å². The summed E-state index contributed by atoms with van der Waals surface area (Å²) in [6.45, 7) is 0. The first-order chi connectivity index (χ1) is 10.3. The Morgan fingerprint density at radius 3 is 2.76 bits per heavy atom. The monoisotopic (exact) mass is 298 g/mol. The number of nitrogen functional groups attached to an aromatic ring is 1. The summed E-state index contributed by atoms with van der Waals surface area (Å²) in [6, 6.07) is 11.7. The van der Waals surface area contributed by atoms with Crippen molar-refractivity contribution in [3.63, 3.8) is 0 Å².